The lowest BCUT2D eigenvalue weighted by molar-refractivity contribution is 0.0697. The zero-order chi connectivity index (χ0) is 19.6. The van der Waals surface area contributed by atoms with E-state index in [1.54, 1.807) is 12.1 Å². The molecule has 3 aromatic carbocycles. The van der Waals surface area contributed by atoms with Crippen LogP contribution < -0.4 is 4.74 Å². The number of benzene rings is 3. The van der Waals surface area contributed by atoms with E-state index in [0.717, 1.165) is 37.9 Å². The Morgan fingerprint density at radius 2 is 1.36 bits per heavy atom. The fraction of sp³-hybridized carbons (Fsp3) is 0.240. The summed E-state index contributed by atoms with van der Waals surface area (Å²) in [5, 5.41) is 8.94. The van der Waals surface area contributed by atoms with Crippen LogP contribution in [0.25, 0.3) is 0 Å². The van der Waals surface area contributed by atoms with Gasteiger partial charge >= 0.3 is 5.97 Å². The zero-order valence-electron chi connectivity index (χ0n) is 16.0. The highest BCUT2D eigenvalue weighted by molar-refractivity contribution is 5.87. The Morgan fingerprint density at radius 1 is 0.714 bits per heavy atom. The average molecular weight is 374 g/mol. The minimum absolute atomic E-state index is 0.341. The fourth-order valence-electron chi connectivity index (χ4n) is 3.19. The Labute approximate surface area is 166 Å². The fourth-order valence-corrected chi connectivity index (χ4v) is 3.19. The van der Waals surface area contributed by atoms with Gasteiger partial charge < -0.3 is 9.84 Å². The number of carboxylic acid groups (broad SMARTS) is 1. The predicted octanol–water partition coefficient (Wildman–Crippen LogP) is 5.57. The highest BCUT2D eigenvalue weighted by Gasteiger charge is 2.02. The Balaban J connectivity index is 1.40. The first-order valence-corrected chi connectivity index (χ1v) is 9.78. The van der Waals surface area contributed by atoms with E-state index in [-0.39, 0.29) is 0 Å². The molecule has 0 heterocycles. The zero-order valence-corrected chi connectivity index (χ0v) is 16.0. The molecule has 1 N–H and O–H groups in total. The van der Waals surface area contributed by atoms with Crippen LogP contribution in [0.1, 0.15) is 39.9 Å². The van der Waals surface area contributed by atoms with Gasteiger partial charge in [-0.3, -0.25) is 0 Å². The van der Waals surface area contributed by atoms with Crippen LogP contribution in [0.15, 0.2) is 78.9 Å². The van der Waals surface area contributed by atoms with Gasteiger partial charge in [0.25, 0.3) is 0 Å². The van der Waals surface area contributed by atoms with Gasteiger partial charge in [-0.25, -0.2) is 4.79 Å². The minimum Gasteiger partial charge on any atom is -0.493 e. The maximum Gasteiger partial charge on any atom is 0.335 e. The van der Waals surface area contributed by atoms with E-state index < -0.39 is 5.97 Å². The first-order valence-electron chi connectivity index (χ1n) is 9.78. The maximum atomic E-state index is 10.9. The molecule has 0 aliphatic rings. The molecule has 3 aromatic rings. The first-order chi connectivity index (χ1) is 13.7. The van der Waals surface area contributed by atoms with Crippen LogP contribution in [0.2, 0.25) is 0 Å². The number of unbranched alkanes of at least 4 members (excludes halogenated alkanes) is 1. The van der Waals surface area contributed by atoms with Crippen molar-refractivity contribution in [2.24, 2.45) is 0 Å². The molecular formula is C25H26O3. The molecule has 0 saturated heterocycles. The second-order valence-corrected chi connectivity index (χ2v) is 6.94. The molecule has 0 aliphatic heterocycles. The third-order valence-corrected chi connectivity index (χ3v) is 4.78. The summed E-state index contributed by atoms with van der Waals surface area (Å²) in [6.45, 7) is 0.680. The Kier molecular flexibility index (Phi) is 7.25. The largest absolute Gasteiger partial charge is 0.493 e. The van der Waals surface area contributed by atoms with Crippen molar-refractivity contribution in [2.75, 3.05) is 6.61 Å². The maximum absolute atomic E-state index is 10.9. The first kappa shape index (κ1) is 19.7. The molecule has 0 aromatic heterocycles. The molecule has 0 amide bonds. The molecule has 0 spiro atoms. The number of rotatable bonds is 10. The molecular weight excluding hydrogens is 348 g/mol. The molecule has 144 valence electrons. The van der Waals surface area contributed by atoms with Crippen LogP contribution in [-0.4, -0.2) is 17.7 Å². The van der Waals surface area contributed by atoms with Crippen LogP contribution in [0.5, 0.6) is 5.75 Å². The second-order valence-electron chi connectivity index (χ2n) is 6.94. The quantitative estimate of drug-likeness (QED) is 0.472. The highest BCUT2D eigenvalue weighted by atomic mass is 16.5. The van der Waals surface area contributed by atoms with E-state index in [1.807, 2.05) is 24.3 Å². The summed E-state index contributed by atoms with van der Waals surface area (Å²) in [5.41, 5.74) is 4.10. The molecule has 3 nitrogen and oxygen atoms in total. The van der Waals surface area contributed by atoms with Crippen LogP contribution in [0.4, 0.5) is 0 Å². The van der Waals surface area contributed by atoms with Gasteiger partial charge in [0.2, 0.25) is 0 Å². The van der Waals surface area contributed by atoms with Gasteiger partial charge in [0.05, 0.1) is 12.2 Å². The molecule has 0 fully saturated rings. The summed E-state index contributed by atoms with van der Waals surface area (Å²) < 4.78 is 5.91. The molecule has 3 rings (SSSR count). The van der Waals surface area contributed by atoms with E-state index >= 15 is 0 Å². The predicted molar refractivity (Wildman–Crippen MR) is 112 cm³/mol. The van der Waals surface area contributed by atoms with Gasteiger partial charge in [0, 0.05) is 6.42 Å². The molecule has 0 radical (unpaired) electrons. The van der Waals surface area contributed by atoms with E-state index in [0.29, 0.717) is 12.2 Å². The monoisotopic (exact) mass is 374 g/mol. The Morgan fingerprint density at radius 3 is 2.07 bits per heavy atom. The number of ether oxygens (including phenoxy) is 1. The lowest BCUT2D eigenvalue weighted by Gasteiger charge is -2.08. The normalized spacial score (nSPS) is 10.6. The van der Waals surface area contributed by atoms with Crippen molar-refractivity contribution in [1.82, 2.24) is 0 Å². The molecule has 0 atom stereocenters. The van der Waals surface area contributed by atoms with Gasteiger partial charge in [-0.1, -0.05) is 54.6 Å². The van der Waals surface area contributed by atoms with Gasteiger partial charge in [-0.15, -0.1) is 0 Å². The SMILES string of the molecule is O=C(O)c1ccc(CCCCc2cccc(OCCc3ccccc3)c2)cc1. The summed E-state index contributed by atoms with van der Waals surface area (Å²) in [5.74, 6) is 0.0510. The third-order valence-electron chi connectivity index (χ3n) is 4.78. The topological polar surface area (TPSA) is 46.5 Å². The lowest BCUT2D eigenvalue weighted by atomic mass is 10.0. The van der Waals surface area contributed by atoms with E-state index in [4.69, 9.17) is 9.84 Å². The smallest absolute Gasteiger partial charge is 0.335 e. The summed E-state index contributed by atoms with van der Waals surface area (Å²) in [7, 11) is 0. The number of hydrogen-bond acceptors (Lipinski definition) is 2. The number of aromatic carboxylic acids is 1. The molecule has 3 heteroatoms. The van der Waals surface area contributed by atoms with Crippen molar-refractivity contribution in [3.63, 3.8) is 0 Å². The van der Waals surface area contributed by atoms with Crippen LogP contribution >= 0.6 is 0 Å². The summed E-state index contributed by atoms with van der Waals surface area (Å²) in [6.07, 6.45) is 5.06. The Hall–Kier alpha value is -3.07. The molecule has 28 heavy (non-hydrogen) atoms. The standard InChI is InChI=1S/C25H26O3/c26-25(27)23-15-13-21(14-16-23)9-4-5-10-22-11-6-12-24(19-22)28-18-17-20-7-2-1-3-8-20/h1-3,6-8,11-16,19H,4-5,9-10,17-18H2,(H,26,27). The lowest BCUT2D eigenvalue weighted by Crippen LogP contribution is -2.01. The summed E-state index contributed by atoms with van der Waals surface area (Å²) in [4.78, 5) is 10.9. The highest BCUT2D eigenvalue weighted by Crippen LogP contribution is 2.17. The molecule has 0 unspecified atom stereocenters. The van der Waals surface area contributed by atoms with Gasteiger partial charge in [-0.2, -0.15) is 0 Å². The average Bonchev–Trinajstić information content (AvgIpc) is 2.73. The minimum atomic E-state index is -0.877. The Bertz CT molecular complexity index is 870. The van der Waals surface area contributed by atoms with Crippen LogP contribution in [0.3, 0.4) is 0 Å². The summed E-state index contributed by atoms with van der Waals surface area (Å²) in [6, 6.07) is 25.9. The van der Waals surface area contributed by atoms with Crippen molar-refractivity contribution in [3.8, 4) is 5.75 Å². The number of aryl methyl sites for hydroxylation is 2. The number of carbonyl (C=O) groups is 1. The molecule has 0 saturated carbocycles. The number of hydrogen-bond donors (Lipinski definition) is 1. The number of carboxylic acids is 1. The van der Waals surface area contributed by atoms with Gasteiger partial charge in [0.1, 0.15) is 5.75 Å². The van der Waals surface area contributed by atoms with Crippen molar-refractivity contribution >= 4 is 5.97 Å². The van der Waals surface area contributed by atoms with E-state index in [1.165, 1.54) is 16.7 Å². The third kappa shape index (κ3) is 6.27. The van der Waals surface area contributed by atoms with Crippen molar-refractivity contribution in [3.05, 3.63) is 101 Å². The van der Waals surface area contributed by atoms with Crippen molar-refractivity contribution in [2.45, 2.75) is 32.1 Å². The summed E-state index contributed by atoms with van der Waals surface area (Å²) >= 11 is 0. The second kappa shape index (κ2) is 10.3. The van der Waals surface area contributed by atoms with Gasteiger partial charge in [0.15, 0.2) is 0 Å². The van der Waals surface area contributed by atoms with E-state index in [9.17, 15) is 4.79 Å². The van der Waals surface area contributed by atoms with Crippen molar-refractivity contribution in [1.29, 1.82) is 0 Å². The van der Waals surface area contributed by atoms with Crippen LogP contribution in [0, 0.1) is 0 Å². The van der Waals surface area contributed by atoms with Gasteiger partial charge in [-0.05, 0) is 66.6 Å². The van der Waals surface area contributed by atoms with E-state index in [2.05, 4.69) is 42.5 Å². The van der Waals surface area contributed by atoms with Crippen molar-refractivity contribution < 1.29 is 14.6 Å². The van der Waals surface area contributed by atoms with Crippen LogP contribution in [-0.2, 0) is 19.3 Å². The molecule has 0 aliphatic carbocycles. The molecule has 0 bridgehead atoms.